The molecule has 0 saturated heterocycles. The van der Waals surface area contributed by atoms with E-state index in [1.54, 1.807) is 18.7 Å². The van der Waals surface area contributed by atoms with Gasteiger partial charge in [0, 0.05) is 21.1 Å². The van der Waals surface area contributed by atoms with Crippen LogP contribution in [0.15, 0.2) is 12.4 Å². The van der Waals surface area contributed by atoms with Gasteiger partial charge < -0.3 is 10.6 Å². The molecule has 30 heavy (non-hydrogen) atoms. The summed E-state index contributed by atoms with van der Waals surface area (Å²) in [4.78, 5) is 25.2. The van der Waals surface area contributed by atoms with Crippen LogP contribution in [0.25, 0.3) is 0 Å². The van der Waals surface area contributed by atoms with Gasteiger partial charge in [0.25, 0.3) is 11.8 Å². The van der Waals surface area contributed by atoms with Crippen LogP contribution in [-0.4, -0.2) is 41.2 Å². The molecule has 3 rings (SSSR count). The minimum atomic E-state index is -4.79. The number of rotatable bonds is 4. The molecular formula is C16H16ClF3N8O2. The third-order valence-electron chi connectivity index (χ3n) is 4.36. The van der Waals surface area contributed by atoms with Gasteiger partial charge in [-0.15, -0.1) is 0 Å². The van der Waals surface area contributed by atoms with Gasteiger partial charge in [0.2, 0.25) is 0 Å². The second kappa shape index (κ2) is 7.48. The van der Waals surface area contributed by atoms with Crippen LogP contribution in [0, 0.1) is 6.92 Å². The van der Waals surface area contributed by atoms with Crippen molar-refractivity contribution in [3.05, 3.63) is 40.2 Å². The molecule has 0 unspecified atom stereocenters. The Morgan fingerprint density at radius 3 is 2.07 bits per heavy atom. The number of carbonyl (C=O) groups excluding carboxylic acids is 2. The maximum absolute atomic E-state index is 13.1. The van der Waals surface area contributed by atoms with Crippen molar-refractivity contribution in [3.63, 3.8) is 0 Å². The van der Waals surface area contributed by atoms with E-state index in [4.69, 9.17) is 11.6 Å². The zero-order chi connectivity index (χ0) is 22.4. The van der Waals surface area contributed by atoms with Crippen LogP contribution in [0.1, 0.15) is 32.4 Å². The van der Waals surface area contributed by atoms with Gasteiger partial charge in [-0.2, -0.15) is 28.5 Å². The number of alkyl halides is 3. The fourth-order valence-electron chi connectivity index (χ4n) is 2.73. The first-order valence-corrected chi connectivity index (χ1v) is 8.72. The van der Waals surface area contributed by atoms with E-state index in [1.165, 1.54) is 24.1 Å². The van der Waals surface area contributed by atoms with Gasteiger partial charge in [0.05, 0.1) is 29.5 Å². The Kier molecular flexibility index (Phi) is 5.33. The summed E-state index contributed by atoms with van der Waals surface area (Å²) in [6.07, 6.45) is -2.16. The van der Waals surface area contributed by atoms with Crippen LogP contribution < -0.4 is 10.6 Å². The third-order valence-corrected chi connectivity index (χ3v) is 4.72. The lowest BCUT2D eigenvalue weighted by Crippen LogP contribution is -2.21. The van der Waals surface area contributed by atoms with Crippen molar-refractivity contribution in [2.24, 2.45) is 21.1 Å². The molecule has 160 valence electrons. The molecule has 0 spiro atoms. The summed E-state index contributed by atoms with van der Waals surface area (Å²) in [6.45, 7) is 1.75. The van der Waals surface area contributed by atoms with Crippen LogP contribution in [-0.2, 0) is 27.3 Å². The van der Waals surface area contributed by atoms with Gasteiger partial charge in [-0.3, -0.25) is 23.6 Å². The van der Waals surface area contributed by atoms with E-state index in [1.807, 2.05) is 0 Å². The number of halogens is 4. The first-order chi connectivity index (χ1) is 13.9. The number of hydrogen-bond acceptors (Lipinski definition) is 5. The molecule has 3 aromatic rings. The Labute approximate surface area is 172 Å². The predicted molar refractivity (Wildman–Crippen MR) is 100 cm³/mol. The van der Waals surface area contributed by atoms with Crippen molar-refractivity contribution in [2.75, 3.05) is 10.6 Å². The summed E-state index contributed by atoms with van der Waals surface area (Å²) in [6, 6.07) is 0. The maximum atomic E-state index is 13.1. The quantitative estimate of drug-likeness (QED) is 0.641. The van der Waals surface area contributed by atoms with E-state index in [0.717, 1.165) is 7.05 Å². The molecule has 0 saturated carbocycles. The van der Waals surface area contributed by atoms with E-state index in [2.05, 4.69) is 25.9 Å². The van der Waals surface area contributed by atoms with E-state index in [9.17, 15) is 22.8 Å². The normalized spacial score (nSPS) is 11.6. The summed E-state index contributed by atoms with van der Waals surface area (Å²) in [5, 5.41) is 15.6. The molecule has 0 aliphatic carbocycles. The highest BCUT2D eigenvalue weighted by molar-refractivity contribution is 6.35. The molecule has 0 aromatic carbocycles. The summed E-state index contributed by atoms with van der Waals surface area (Å²) < 4.78 is 42.5. The number of nitrogens with one attached hydrogen (secondary N) is 2. The van der Waals surface area contributed by atoms with E-state index in [-0.39, 0.29) is 11.4 Å². The van der Waals surface area contributed by atoms with E-state index >= 15 is 0 Å². The smallest absolute Gasteiger partial charge is 0.318 e. The minimum Gasteiger partial charge on any atom is -0.318 e. The third kappa shape index (κ3) is 3.75. The number of anilines is 2. The van der Waals surface area contributed by atoms with Crippen LogP contribution in [0.3, 0.4) is 0 Å². The van der Waals surface area contributed by atoms with Gasteiger partial charge >= 0.3 is 6.18 Å². The van der Waals surface area contributed by atoms with E-state index in [0.29, 0.717) is 16.1 Å². The molecule has 3 aromatic heterocycles. The average molecular weight is 445 g/mol. The molecule has 0 aliphatic heterocycles. The van der Waals surface area contributed by atoms with Gasteiger partial charge in [0.1, 0.15) is 10.7 Å². The number of amides is 2. The minimum absolute atomic E-state index is 0.0307. The van der Waals surface area contributed by atoms with Crippen molar-refractivity contribution in [1.29, 1.82) is 0 Å². The summed E-state index contributed by atoms with van der Waals surface area (Å²) in [7, 11) is 4.19. The first-order valence-electron chi connectivity index (χ1n) is 8.34. The topological polar surface area (TPSA) is 112 Å². The van der Waals surface area contributed by atoms with Crippen LogP contribution in [0.5, 0.6) is 0 Å². The zero-order valence-corrected chi connectivity index (χ0v) is 16.9. The highest BCUT2D eigenvalue weighted by atomic mass is 35.5. The number of carbonyl (C=O) groups is 2. The molecular weight excluding hydrogens is 429 g/mol. The lowest BCUT2D eigenvalue weighted by atomic mass is 10.3. The Balaban J connectivity index is 1.88. The molecule has 3 heterocycles. The predicted octanol–water partition coefficient (Wildman–Crippen LogP) is 2.37. The summed E-state index contributed by atoms with van der Waals surface area (Å²) in [5.41, 5.74) is -0.818. The monoisotopic (exact) mass is 444 g/mol. The fourth-order valence-corrected chi connectivity index (χ4v) is 3.09. The molecule has 0 radical (unpaired) electrons. The highest BCUT2D eigenvalue weighted by Gasteiger charge is 2.40. The van der Waals surface area contributed by atoms with Crippen LogP contribution in [0.2, 0.25) is 5.02 Å². The standard InChI is InChI=1S/C16H16ClF3N8O2/c1-7-8(5-21-26(7)2)23-15(30)12-9(6-22-27(12)3)24-14(29)11-10(17)13(16(18,19)20)28(4)25-11/h5-6H,1-4H3,(H,23,30)(H,24,29). The van der Waals surface area contributed by atoms with Crippen molar-refractivity contribution in [3.8, 4) is 0 Å². The number of aromatic nitrogens is 6. The van der Waals surface area contributed by atoms with Crippen LogP contribution in [0.4, 0.5) is 24.5 Å². The molecule has 10 nitrogen and oxygen atoms in total. The second-order valence-corrected chi connectivity index (χ2v) is 6.72. The van der Waals surface area contributed by atoms with Gasteiger partial charge in [-0.05, 0) is 6.92 Å². The Morgan fingerprint density at radius 1 is 0.967 bits per heavy atom. The summed E-state index contributed by atoms with van der Waals surface area (Å²) >= 11 is 5.74. The first kappa shape index (κ1) is 21.4. The fraction of sp³-hybridized carbons (Fsp3) is 0.312. The van der Waals surface area contributed by atoms with Crippen molar-refractivity contribution in [2.45, 2.75) is 13.1 Å². The SMILES string of the molecule is Cc1c(NC(=O)c2c(NC(=O)c3nn(C)c(C(F)(F)F)c3Cl)cnn2C)cnn1C. The second-order valence-electron chi connectivity index (χ2n) is 6.34. The largest absolute Gasteiger partial charge is 0.434 e. The molecule has 14 heteroatoms. The van der Waals surface area contributed by atoms with Gasteiger partial charge in [-0.1, -0.05) is 11.6 Å². The van der Waals surface area contributed by atoms with Crippen LogP contribution >= 0.6 is 11.6 Å². The Bertz CT molecular complexity index is 1140. The zero-order valence-electron chi connectivity index (χ0n) is 16.2. The molecule has 2 amide bonds. The molecule has 0 aliphatic rings. The maximum Gasteiger partial charge on any atom is 0.434 e. The van der Waals surface area contributed by atoms with Crippen molar-refractivity contribution < 1.29 is 22.8 Å². The molecule has 0 atom stereocenters. The van der Waals surface area contributed by atoms with Crippen molar-refractivity contribution in [1.82, 2.24) is 29.3 Å². The number of aryl methyl sites for hydroxylation is 3. The van der Waals surface area contributed by atoms with E-state index < -0.39 is 34.4 Å². The molecule has 2 N–H and O–H groups in total. The number of hydrogen-bond donors (Lipinski definition) is 2. The molecule has 0 fully saturated rings. The molecule has 0 bridgehead atoms. The Morgan fingerprint density at radius 2 is 1.53 bits per heavy atom. The lowest BCUT2D eigenvalue weighted by Gasteiger charge is -2.08. The van der Waals surface area contributed by atoms with Crippen molar-refractivity contribution >= 4 is 34.8 Å². The Hall–Kier alpha value is -3.35. The summed E-state index contributed by atoms with van der Waals surface area (Å²) in [5.74, 6) is -1.63. The van der Waals surface area contributed by atoms with Gasteiger partial charge in [0.15, 0.2) is 11.4 Å². The number of nitrogens with zero attached hydrogens (tertiary/aromatic N) is 6. The average Bonchev–Trinajstić information content (AvgIpc) is 3.25. The lowest BCUT2D eigenvalue weighted by molar-refractivity contribution is -0.143. The highest BCUT2D eigenvalue weighted by Crippen LogP contribution is 2.36. The van der Waals surface area contributed by atoms with Gasteiger partial charge in [-0.25, -0.2) is 0 Å².